The van der Waals surface area contributed by atoms with Gasteiger partial charge in [-0.2, -0.15) is 0 Å². The van der Waals surface area contributed by atoms with Gasteiger partial charge in [0.2, 0.25) is 0 Å². The molecule has 1 amide bonds. The van der Waals surface area contributed by atoms with Crippen molar-refractivity contribution in [3.05, 3.63) is 51.5 Å². The summed E-state index contributed by atoms with van der Waals surface area (Å²) in [5, 5.41) is 2.86. The number of pyridine rings is 1. The molecule has 0 aliphatic carbocycles. The summed E-state index contributed by atoms with van der Waals surface area (Å²) in [6, 6.07) is 7.48. The monoisotopic (exact) mass is 285 g/mol. The highest BCUT2D eigenvalue weighted by molar-refractivity contribution is 7.12. The van der Waals surface area contributed by atoms with Crippen LogP contribution in [0.15, 0.2) is 30.5 Å². The number of nitrogens with two attached hydrogens (primary N) is 1. The summed E-state index contributed by atoms with van der Waals surface area (Å²) in [5.74, 6) is 5.65. The zero-order valence-corrected chi connectivity index (χ0v) is 12.0. The molecule has 0 spiro atoms. The predicted molar refractivity (Wildman–Crippen MR) is 80.4 cm³/mol. The van der Waals surface area contributed by atoms with Gasteiger partial charge in [0.1, 0.15) is 0 Å². The number of thiophene rings is 1. The third-order valence-corrected chi connectivity index (χ3v) is 3.57. The number of amides is 1. The molecule has 0 aromatic carbocycles. The average Bonchev–Trinajstić information content (AvgIpc) is 2.91. The first kappa shape index (κ1) is 14.3. The summed E-state index contributed by atoms with van der Waals surface area (Å²) in [5.41, 5.74) is 6.78. The lowest BCUT2D eigenvalue weighted by molar-refractivity contribution is 0.0951. The number of hydrogen-bond donors (Lipinski definition) is 2. The van der Waals surface area contributed by atoms with Crippen molar-refractivity contribution < 1.29 is 4.79 Å². The minimum atomic E-state index is -0.125. The maximum Gasteiger partial charge on any atom is 0.253 e. The summed E-state index contributed by atoms with van der Waals surface area (Å²) in [4.78, 5) is 18.0. The van der Waals surface area contributed by atoms with E-state index in [1.807, 2.05) is 25.1 Å². The van der Waals surface area contributed by atoms with Crippen LogP contribution in [0.2, 0.25) is 0 Å². The average molecular weight is 285 g/mol. The zero-order valence-electron chi connectivity index (χ0n) is 11.1. The van der Waals surface area contributed by atoms with Gasteiger partial charge in [0, 0.05) is 16.8 Å². The van der Waals surface area contributed by atoms with Gasteiger partial charge < -0.3 is 11.1 Å². The van der Waals surface area contributed by atoms with Crippen LogP contribution in [0.3, 0.4) is 0 Å². The number of nitrogens with one attached hydrogen (secondary N) is 1. The molecular formula is C15H15N3OS. The van der Waals surface area contributed by atoms with Gasteiger partial charge in [0.15, 0.2) is 0 Å². The zero-order chi connectivity index (χ0) is 14.4. The van der Waals surface area contributed by atoms with Gasteiger partial charge in [0.25, 0.3) is 5.91 Å². The third-order valence-electron chi connectivity index (χ3n) is 2.57. The van der Waals surface area contributed by atoms with Crippen LogP contribution in [-0.4, -0.2) is 17.4 Å². The van der Waals surface area contributed by atoms with Gasteiger partial charge in [-0.1, -0.05) is 11.8 Å². The third kappa shape index (κ3) is 3.92. The summed E-state index contributed by atoms with van der Waals surface area (Å²) >= 11 is 1.55. The van der Waals surface area contributed by atoms with E-state index in [0.29, 0.717) is 18.7 Å². The van der Waals surface area contributed by atoms with E-state index in [4.69, 9.17) is 5.73 Å². The number of carbonyl (C=O) groups is 1. The smallest absolute Gasteiger partial charge is 0.253 e. The molecule has 3 N–H and O–H groups in total. The Hall–Kier alpha value is -2.16. The Bertz CT molecular complexity index is 650. The summed E-state index contributed by atoms with van der Waals surface area (Å²) in [7, 11) is 0. The second-order valence-corrected chi connectivity index (χ2v) is 5.31. The van der Waals surface area contributed by atoms with Crippen LogP contribution in [0, 0.1) is 18.8 Å². The highest BCUT2D eigenvalue weighted by atomic mass is 32.1. The standard InChI is InChI=1S/C15H15N3OS/c1-11-4-5-12(9-17-11)15(19)18-10-14-7-6-13(20-14)3-2-8-16/h4-7,9H,8,10,16H2,1H3,(H,18,19). The molecule has 2 aromatic rings. The van der Waals surface area contributed by atoms with Crippen molar-refractivity contribution in [3.63, 3.8) is 0 Å². The predicted octanol–water partition coefficient (Wildman–Crippen LogP) is 1.69. The maximum absolute atomic E-state index is 11.9. The maximum atomic E-state index is 11.9. The molecule has 0 aliphatic heterocycles. The first-order chi connectivity index (χ1) is 9.69. The fourth-order valence-electron chi connectivity index (χ4n) is 1.55. The quantitative estimate of drug-likeness (QED) is 0.843. The van der Waals surface area contributed by atoms with Gasteiger partial charge in [-0.05, 0) is 31.2 Å². The minimum absolute atomic E-state index is 0.125. The van der Waals surface area contributed by atoms with Gasteiger partial charge >= 0.3 is 0 Å². The summed E-state index contributed by atoms with van der Waals surface area (Å²) in [6.07, 6.45) is 1.58. The summed E-state index contributed by atoms with van der Waals surface area (Å²) < 4.78 is 0. The van der Waals surface area contributed by atoms with Crippen LogP contribution in [0.25, 0.3) is 0 Å². The highest BCUT2D eigenvalue weighted by Crippen LogP contribution is 2.15. The molecular weight excluding hydrogens is 270 g/mol. The minimum Gasteiger partial charge on any atom is -0.347 e. The molecule has 0 atom stereocenters. The molecule has 2 aromatic heterocycles. The largest absolute Gasteiger partial charge is 0.347 e. The lowest BCUT2D eigenvalue weighted by atomic mass is 10.2. The fraction of sp³-hybridized carbons (Fsp3) is 0.200. The molecule has 0 saturated carbocycles. The SMILES string of the molecule is Cc1ccc(C(=O)NCc2ccc(C#CCN)s2)cn1. The van der Waals surface area contributed by atoms with Crippen molar-refractivity contribution in [2.24, 2.45) is 5.73 Å². The number of aromatic nitrogens is 1. The normalized spacial score (nSPS) is 9.70. The van der Waals surface area contributed by atoms with Crippen molar-refractivity contribution in [2.45, 2.75) is 13.5 Å². The lowest BCUT2D eigenvalue weighted by Crippen LogP contribution is -2.22. The van der Waals surface area contributed by atoms with Crippen molar-refractivity contribution in [1.29, 1.82) is 0 Å². The molecule has 5 heteroatoms. The molecule has 4 nitrogen and oxygen atoms in total. The van der Waals surface area contributed by atoms with E-state index < -0.39 is 0 Å². The van der Waals surface area contributed by atoms with E-state index in [0.717, 1.165) is 15.4 Å². The molecule has 0 saturated heterocycles. The van der Waals surface area contributed by atoms with Crippen molar-refractivity contribution in [1.82, 2.24) is 10.3 Å². The van der Waals surface area contributed by atoms with Crippen LogP contribution >= 0.6 is 11.3 Å². The molecule has 2 heterocycles. The van der Waals surface area contributed by atoms with Gasteiger partial charge in [-0.15, -0.1) is 11.3 Å². The van der Waals surface area contributed by atoms with Gasteiger partial charge in [-0.25, -0.2) is 0 Å². The fourth-order valence-corrected chi connectivity index (χ4v) is 2.37. The molecule has 20 heavy (non-hydrogen) atoms. The van der Waals surface area contributed by atoms with E-state index >= 15 is 0 Å². The Morgan fingerprint density at radius 3 is 2.95 bits per heavy atom. The van der Waals surface area contributed by atoms with Crippen molar-refractivity contribution >= 4 is 17.2 Å². The van der Waals surface area contributed by atoms with Crippen LogP contribution in [0.1, 0.15) is 25.8 Å². The summed E-state index contributed by atoms with van der Waals surface area (Å²) in [6.45, 7) is 2.73. The van der Waals surface area contributed by atoms with Crippen LogP contribution in [0.5, 0.6) is 0 Å². The Morgan fingerprint density at radius 1 is 1.40 bits per heavy atom. The molecule has 0 radical (unpaired) electrons. The van der Waals surface area contributed by atoms with Crippen LogP contribution < -0.4 is 11.1 Å². The van der Waals surface area contributed by atoms with Crippen LogP contribution in [-0.2, 0) is 6.54 Å². The van der Waals surface area contributed by atoms with E-state index in [2.05, 4.69) is 22.1 Å². The lowest BCUT2D eigenvalue weighted by Gasteiger charge is -2.03. The number of hydrogen-bond acceptors (Lipinski definition) is 4. The Labute approximate surface area is 122 Å². The first-order valence-electron chi connectivity index (χ1n) is 6.17. The van der Waals surface area contributed by atoms with Crippen molar-refractivity contribution in [3.8, 4) is 11.8 Å². The van der Waals surface area contributed by atoms with Crippen LogP contribution in [0.4, 0.5) is 0 Å². The molecule has 0 bridgehead atoms. The number of nitrogens with zero attached hydrogens (tertiary/aromatic N) is 1. The van der Waals surface area contributed by atoms with E-state index in [-0.39, 0.29) is 5.91 Å². The molecule has 0 unspecified atom stereocenters. The second kappa shape index (κ2) is 6.85. The second-order valence-electron chi connectivity index (χ2n) is 4.14. The van der Waals surface area contributed by atoms with E-state index in [1.54, 1.807) is 23.6 Å². The number of rotatable bonds is 3. The highest BCUT2D eigenvalue weighted by Gasteiger charge is 2.06. The van der Waals surface area contributed by atoms with E-state index in [1.165, 1.54) is 0 Å². The number of aryl methyl sites for hydroxylation is 1. The van der Waals surface area contributed by atoms with Gasteiger partial charge in [0.05, 0.1) is 23.5 Å². The number of carbonyl (C=O) groups excluding carboxylic acids is 1. The van der Waals surface area contributed by atoms with Crippen molar-refractivity contribution in [2.75, 3.05) is 6.54 Å². The Kier molecular flexibility index (Phi) is 4.88. The molecule has 2 rings (SSSR count). The van der Waals surface area contributed by atoms with E-state index in [9.17, 15) is 4.79 Å². The Balaban J connectivity index is 1.93. The topological polar surface area (TPSA) is 68.0 Å². The molecule has 0 aliphatic rings. The first-order valence-corrected chi connectivity index (χ1v) is 6.99. The molecule has 0 fully saturated rings. The Morgan fingerprint density at radius 2 is 2.25 bits per heavy atom. The molecule has 102 valence electrons. The van der Waals surface area contributed by atoms with Gasteiger partial charge in [-0.3, -0.25) is 9.78 Å².